The average molecular weight is 388 g/mol. The average Bonchev–Trinajstić information content (AvgIpc) is 2.66. The molecule has 0 fully saturated rings. The number of rotatable bonds is 2. The number of fused-ring (bicyclic) bond motifs is 2. The Labute approximate surface area is 151 Å². The van der Waals surface area contributed by atoms with Gasteiger partial charge in [0, 0.05) is 0 Å². The van der Waals surface area contributed by atoms with E-state index >= 15 is 0 Å². The maximum absolute atomic E-state index is 13.0. The van der Waals surface area contributed by atoms with Crippen LogP contribution in [-0.4, -0.2) is 26.5 Å². The van der Waals surface area contributed by atoms with Crippen molar-refractivity contribution in [3.63, 3.8) is 0 Å². The molecule has 1 aliphatic carbocycles. The van der Waals surface area contributed by atoms with Gasteiger partial charge in [0.1, 0.15) is 0 Å². The topological polar surface area (TPSA) is 57.9 Å². The Bertz CT molecular complexity index is 1060. The predicted molar refractivity (Wildman–Crippen MR) is 95.9 cm³/mol. The summed E-state index contributed by atoms with van der Waals surface area (Å²) in [5.74, 6) is -0.181. The van der Waals surface area contributed by atoms with Gasteiger partial charge in [-0.05, 0) is 0 Å². The zero-order valence-electron chi connectivity index (χ0n) is 13.0. The molecule has 0 bridgehead atoms. The van der Waals surface area contributed by atoms with Gasteiger partial charge in [-0.2, -0.15) is 0 Å². The van der Waals surface area contributed by atoms with Crippen molar-refractivity contribution in [1.29, 1.82) is 5.26 Å². The minimum atomic E-state index is -0.123. The quantitative estimate of drug-likeness (QED) is 0.494. The zero-order chi connectivity index (χ0) is 17.4. The molecule has 3 aromatic carbocycles. The van der Waals surface area contributed by atoms with E-state index in [0.29, 0.717) is 27.8 Å². The first-order chi connectivity index (χ1) is 12.2. The van der Waals surface area contributed by atoms with Crippen molar-refractivity contribution in [1.82, 2.24) is 0 Å². The summed E-state index contributed by atoms with van der Waals surface area (Å²) in [6.07, 6.45) is 0. The number of carbonyl (C=O) groups is 2. The summed E-state index contributed by atoms with van der Waals surface area (Å²) in [7, 11) is 0. The molecule has 1 aliphatic rings. The van der Waals surface area contributed by atoms with Crippen LogP contribution in [0.1, 0.15) is 37.4 Å². The van der Waals surface area contributed by atoms with Crippen LogP contribution >= 0.6 is 0 Å². The SMILES string of the molecule is N#Cc1ccc([Se]c2cccc3c2C(=O)c2ccccc2C3=O)cc1. The van der Waals surface area contributed by atoms with E-state index in [9.17, 15) is 9.59 Å². The Balaban J connectivity index is 1.80. The third kappa shape index (κ3) is 2.60. The first-order valence-electron chi connectivity index (χ1n) is 7.68. The van der Waals surface area contributed by atoms with Crippen molar-refractivity contribution >= 4 is 35.4 Å². The number of ketones is 2. The third-order valence-corrected chi connectivity index (χ3v) is 6.37. The van der Waals surface area contributed by atoms with E-state index in [2.05, 4.69) is 6.07 Å². The van der Waals surface area contributed by atoms with Crippen molar-refractivity contribution in [3.05, 3.63) is 94.5 Å². The monoisotopic (exact) mass is 389 g/mol. The van der Waals surface area contributed by atoms with Gasteiger partial charge in [-0.1, -0.05) is 0 Å². The van der Waals surface area contributed by atoms with Crippen LogP contribution in [0.2, 0.25) is 0 Å². The Morgan fingerprint density at radius 3 is 2.04 bits per heavy atom. The van der Waals surface area contributed by atoms with Gasteiger partial charge in [-0.25, -0.2) is 0 Å². The van der Waals surface area contributed by atoms with Crippen LogP contribution in [0.4, 0.5) is 0 Å². The Morgan fingerprint density at radius 2 is 1.36 bits per heavy atom. The van der Waals surface area contributed by atoms with E-state index < -0.39 is 0 Å². The summed E-state index contributed by atoms with van der Waals surface area (Å²) < 4.78 is 1.95. The normalized spacial score (nSPS) is 12.3. The molecule has 0 heterocycles. The summed E-state index contributed by atoms with van der Waals surface area (Å²) in [6.45, 7) is 0. The van der Waals surface area contributed by atoms with Gasteiger partial charge in [-0.15, -0.1) is 0 Å². The molecule has 118 valence electrons. The molecule has 0 atom stereocenters. The molecule has 4 rings (SSSR count). The number of hydrogen-bond donors (Lipinski definition) is 0. The van der Waals surface area contributed by atoms with Gasteiger partial charge in [0.25, 0.3) is 0 Å². The van der Waals surface area contributed by atoms with Crippen molar-refractivity contribution in [2.75, 3.05) is 0 Å². The number of benzene rings is 3. The van der Waals surface area contributed by atoms with Crippen molar-refractivity contribution in [2.45, 2.75) is 0 Å². The van der Waals surface area contributed by atoms with Crippen LogP contribution in [0.25, 0.3) is 0 Å². The molecule has 0 radical (unpaired) electrons. The second-order valence-corrected chi connectivity index (χ2v) is 7.96. The summed E-state index contributed by atoms with van der Waals surface area (Å²) in [5.41, 5.74) is 2.56. The van der Waals surface area contributed by atoms with E-state index in [-0.39, 0.29) is 26.5 Å². The first-order valence-corrected chi connectivity index (χ1v) is 9.40. The molecule has 3 nitrogen and oxygen atoms in total. The van der Waals surface area contributed by atoms with E-state index in [4.69, 9.17) is 5.26 Å². The molecule has 0 aliphatic heterocycles. The van der Waals surface area contributed by atoms with E-state index in [1.165, 1.54) is 0 Å². The zero-order valence-corrected chi connectivity index (χ0v) is 14.7. The predicted octanol–water partition coefficient (Wildman–Crippen LogP) is 1.99. The van der Waals surface area contributed by atoms with Crippen LogP contribution in [-0.2, 0) is 0 Å². The fourth-order valence-corrected chi connectivity index (χ4v) is 4.97. The summed E-state index contributed by atoms with van der Waals surface area (Å²) in [4.78, 5) is 25.7. The molecule has 25 heavy (non-hydrogen) atoms. The Kier molecular flexibility index (Phi) is 3.82. The molecule has 0 unspecified atom stereocenters. The number of nitriles is 1. The molecule has 0 spiro atoms. The molecular formula is C21H11NO2Se. The van der Waals surface area contributed by atoms with Gasteiger partial charge in [0.05, 0.1) is 0 Å². The van der Waals surface area contributed by atoms with E-state index in [1.807, 2.05) is 24.3 Å². The molecule has 0 saturated carbocycles. The fraction of sp³-hybridized carbons (Fsp3) is 0. The van der Waals surface area contributed by atoms with E-state index in [1.54, 1.807) is 42.5 Å². The molecule has 0 saturated heterocycles. The minimum absolute atomic E-state index is 0.0867. The number of carbonyl (C=O) groups excluding carboxylic acids is 2. The number of hydrogen-bond acceptors (Lipinski definition) is 3. The summed E-state index contributed by atoms with van der Waals surface area (Å²) in [5, 5.41) is 8.91. The molecule has 0 amide bonds. The van der Waals surface area contributed by atoms with Crippen LogP contribution < -0.4 is 8.92 Å². The Hall–Kier alpha value is -2.99. The van der Waals surface area contributed by atoms with Gasteiger partial charge in [0.2, 0.25) is 0 Å². The fourth-order valence-electron chi connectivity index (χ4n) is 2.92. The van der Waals surface area contributed by atoms with E-state index in [0.717, 1.165) is 8.92 Å². The summed E-state index contributed by atoms with van der Waals surface area (Å²) >= 11 is -0.123. The van der Waals surface area contributed by atoms with Crippen LogP contribution in [0, 0.1) is 11.3 Å². The van der Waals surface area contributed by atoms with Crippen molar-refractivity contribution in [3.8, 4) is 6.07 Å². The number of nitrogens with zero attached hydrogens (tertiary/aromatic N) is 1. The van der Waals surface area contributed by atoms with Gasteiger partial charge < -0.3 is 0 Å². The van der Waals surface area contributed by atoms with Crippen LogP contribution in [0.5, 0.6) is 0 Å². The standard InChI is InChI=1S/C21H11NO2Se/c22-12-13-8-10-14(11-9-13)25-18-7-3-6-17-19(18)21(24)16-5-2-1-4-15(16)20(17)23/h1-11H. The second-order valence-electron chi connectivity index (χ2n) is 5.62. The third-order valence-electron chi connectivity index (χ3n) is 4.13. The molecule has 0 aromatic heterocycles. The van der Waals surface area contributed by atoms with Gasteiger partial charge >= 0.3 is 151 Å². The molecule has 3 aromatic rings. The first kappa shape index (κ1) is 15.5. The Morgan fingerprint density at radius 1 is 0.720 bits per heavy atom. The molecular weight excluding hydrogens is 377 g/mol. The molecule has 4 heteroatoms. The van der Waals surface area contributed by atoms with Crippen molar-refractivity contribution < 1.29 is 9.59 Å². The summed E-state index contributed by atoms with van der Waals surface area (Å²) in [6, 6.07) is 21.9. The van der Waals surface area contributed by atoms with Crippen molar-refractivity contribution in [2.24, 2.45) is 0 Å². The second kappa shape index (κ2) is 6.14. The van der Waals surface area contributed by atoms with Crippen LogP contribution in [0.15, 0.2) is 66.7 Å². The van der Waals surface area contributed by atoms with Gasteiger partial charge in [0.15, 0.2) is 0 Å². The maximum atomic E-state index is 13.0. The molecule has 0 N–H and O–H groups in total. The van der Waals surface area contributed by atoms with Crippen LogP contribution in [0.3, 0.4) is 0 Å². The van der Waals surface area contributed by atoms with Gasteiger partial charge in [-0.3, -0.25) is 0 Å².